The van der Waals surface area contributed by atoms with Crippen molar-refractivity contribution in [2.45, 2.75) is 84.2 Å². The van der Waals surface area contributed by atoms with Crippen LogP contribution < -0.4 is 0 Å². The Hall–Kier alpha value is -2.12. The highest BCUT2D eigenvalue weighted by Crippen LogP contribution is 2.32. The maximum absolute atomic E-state index is 13.8. The topological polar surface area (TPSA) is 79.5 Å². The standard InChI is InChI=1S/C24H34N2O4S/c1-6-30-24(27)23-18(4)22(19(5)25-23)15-26(20-10-8-7-9-11-20)31(28,29)21-13-12-16(2)17(3)14-21/h12-14,20,25H,6-11,15H2,1-5H3. The number of H-pyrrole nitrogens is 1. The van der Waals surface area contributed by atoms with Crippen molar-refractivity contribution >= 4 is 16.0 Å². The third kappa shape index (κ3) is 4.88. The Morgan fingerprint density at radius 3 is 2.39 bits per heavy atom. The zero-order chi connectivity index (χ0) is 22.8. The average molecular weight is 447 g/mol. The SMILES string of the molecule is CCOC(=O)c1[nH]c(C)c(CN(C2CCCCC2)S(=O)(=O)c2ccc(C)c(C)c2)c1C. The van der Waals surface area contributed by atoms with Crippen molar-refractivity contribution in [2.24, 2.45) is 0 Å². The molecular formula is C24H34N2O4S. The molecular weight excluding hydrogens is 412 g/mol. The highest BCUT2D eigenvalue weighted by atomic mass is 32.2. The predicted molar refractivity (Wildman–Crippen MR) is 122 cm³/mol. The minimum atomic E-state index is -3.69. The van der Waals surface area contributed by atoms with Gasteiger partial charge in [0, 0.05) is 18.3 Å². The molecule has 1 fully saturated rings. The highest BCUT2D eigenvalue weighted by Gasteiger charge is 2.34. The number of esters is 1. The van der Waals surface area contributed by atoms with Gasteiger partial charge in [0.25, 0.3) is 0 Å². The second-order valence-electron chi connectivity index (χ2n) is 8.54. The van der Waals surface area contributed by atoms with E-state index in [9.17, 15) is 13.2 Å². The Balaban J connectivity index is 2.03. The zero-order valence-corrected chi connectivity index (χ0v) is 20.1. The molecule has 0 atom stereocenters. The maximum Gasteiger partial charge on any atom is 0.355 e. The average Bonchev–Trinajstić information content (AvgIpc) is 3.02. The molecule has 3 rings (SSSR count). The van der Waals surface area contributed by atoms with E-state index < -0.39 is 16.0 Å². The summed E-state index contributed by atoms with van der Waals surface area (Å²) in [6.07, 6.45) is 4.92. The van der Waals surface area contributed by atoms with Crippen molar-refractivity contribution in [3.8, 4) is 0 Å². The van der Waals surface area contributed by atoms with E-state index in [1.54, 1.807) is 23.4 Å². The molecule has 170 valence electrons. The molecule has 1 aliphatic rings. The van der Waals surface area contributed by atoms with Crippen molar-refractivity contribution in [1.82, 2.24) is 9.29 Å². The van der Waals surface area contributed by atoms with E-state index in [1.807, 2.05) is 33.8 Å². The van der Waals surface area contributed by atoms with Gasteiger partial charge in [-0.05, 0) is 81.8 Å². The van der Waals surface area contributed by atoms with Crippen LogP contribution in [-0.2, 0) is 21.3 Å². The first kappa shape index (κ1) is 23.5. The second kappa shape index (κ2) is 9.57. The Bertz CT molecular complexity index is 1050. The Morgan fingerprint density at radius 1 is 1.10 bits per heavy atom. The summed E-state index contributed by atoms with van der Waals surface area (Å²) in [6, 6.07) is 5.29. The van der Waals surface area contributed by atoms with Gasteiger partial charge in [-0.3, -0.25) is 0 Å². The van der Waals surface area contributed by atoms with Crippen LogP contribution in [0.25, 0.3) is 0 Å². The number of aromatic amines is 1. The molecule has 1 aromatic carbocycles. The van der Waals surface area contributed by atoms with Crippen LogP contribution in [0.3, 0.4) is 0 Å². The van der Waals surface area contributed by atoms with Crippen molar-refractivity contribution in [3.63, 3.8) is 0 Å². The lowest BCUT2D eigenvalue weighted by atomic mass is 9.95. The molecule has 0 saturated heterocycles. The summed E-state index contributed by atoms with van der Waals surface area (Å²) in [5, 5.41) is 0. The number of aryl methyl sites for hydroxylation is 3. The fourth-order valence-electron chi connectivity index (χ4n) is 4.38. The molecule has 1 aliphatic carbocycles. The minimum Gasteiger partial charge on any atom is -0.461 e. The predicted octanol–water partition coefficient (Wildman–Crippen LogP) is 4.95. The smallest absolute Gasteiger partial charge is 0.355 e. The lowest BCUT2D eigenvalue weighted by molar-refractivity contribution is 0.0519. The second-order valence-corrected chi connectivity index (χ2v) is 10.4. The monoisotopic (exact) mass is 446 g/mol. The molecule has 31 heavy (non-hydrogen) atoms. The number of nitrogens with one attached hydrogen (secondary N) is 1. The first-order valence-electron chi connectivity index (χ1n) is 11.1. The number of ether oxygens (including phenoxy) is 1. The quantitative estimate of drug-likeness (QED) is 0.611. The van der Waals surface area contributed by atoms with Crippen molar-refractivity contribution < 1.29 is 17.9 Å². The zero-order valence-electron chi connectivity index (χ0n) is 19.2. The minimum absolute atomic E-state index is 0.0416. The van der Waals surface area contributed by atoms with Gasteiger partial charge < -0.3 is 9.72 Å². The van der Waals surface area contributed by atoms with Gasteiger partial charge >= 0.3 is 5.97 Å². The molecule has 7 heteroatoms. The molecule has 1 N–H and O–H groups in total. The molecule has 1 heterocycles. The molecule has 2 aromatic rings. The third-order valence-corrected chi connectivity index (χ3v) is 8.35. The molecule has 0 unspecified atom stereocenters. The van der Waals surface area contributed by atoms with Crippen LogP contribution in [0.5, 0.6) is 0 Å². The van der Waals surface area contributed by atoms with Gasteiger partial charge in [-0.1, -0.05) is 25.3 Å². The van der Waals surface area contributed by atoms with Crippen LogP contribution in [0.1, 0.15) is 77.5 Å². The van der Waals surface area contributed by atoms with E-state index in [2.05, 4.69) is 4.98 Å². The number of rotatable bonds is 7. The maximum atomic E-state index is 13.8. The van der Waals surface area contributed by atoms with E-state index in [0.29, 0.717) is 17.2 Å². The fraction of sp³-hybridized carbons (Fsp3) is 0.542. The van der Waals surface area contributed by atoms with Crippen molar-refractivity contribution in [2.75, 3.05) is 6.61 Å². The number of hydrogen-bond donors (Lipinski definition) is 1. The Morgan fingerprint density at radius 2 is 1.77 bits per heavy atom. The Labute approximate surface area is 186 Å². The van der Waals surface area contributed by atoms with Gasteiger partial charge in [0.2, 0.25) is 10.0 Å². The molecule has 0 radical (unpaired) electrons. The summed E-state index contributed by atoms with van der Waals surface area (Å²) in [6.45, 7) is 9.96. The van der Waals surface area contributed by atoms with Crippen LogP contribution >= 0.6 is 0 Å². The number of aromatic nitrogens is 1. The van der Waals surface area contributed by atoms with E-state index in [4.69, 9.17) is 4.74 Å². The van der Waals surface area contributed by atoms with Crippen LogP contribution in [0.4, 0.5) is 0 Å². The van der Waals surface area contributed by atoms with Crippen molar-refractivity contribution in [1.29, 1.82) is 0 Å². The summed E-state index contributed by atoms with van der Waals surface area (Å²) >= 11 is 0. The molecule has 0 bridgehead atoms. The third-order valence-electron chi connectivity index (χ3n) is 6.45. The van der Waals surface area contributed by atoms with E-state index in [-0.39, 0.29) is 12.6 Å². The largest absolute Gasteiger partial charge is 0.461 e. The molecule has 0 spiro atoms. The van der Waals surface area contributed by atoms with E-state index in [0.717, 1.165) is 60.1 Å². The van der Waals surface area contributed by atoms with Gasteiger partial charge in [-0.25, -0.2) is 13.2 Å². The van der Waals surface area contributed by atoms with Gasteiger partial charge in [-0.15, -0.1) is 0 Å². The van der Waals surface area contributed by atoms with Gasteiger partial charge in [0.05, 0.1) is 11.5 Å². The molecule has 6 nitrogen and oxygen atoms in total. The van der Waals surface area contributed by atoms with E-state index in [1.165, 1.54) is 0 Å². The van der Waals surface area contributed by atoms with Crippen LogP contribution in [0.2, 0.25) is 0 Å². The van der Waals surface area contributed by atoms with Gasteiger partial charge in [-0.2, -0.15) is 4.31 Å². The van der Waals surface area contributed by atoms with Crippen LogP contribution in [0, 0.1) is 27.7 Å². The Kier molecular flexibility index (Phi) is 7.27. The van der Waals surface area contributed by atoms with Crippen LogP contribution in [-0.4, -0.2) is 36.3 Å². The normalized spacial score (nSPS) is 15.4. The lowest BCUT2D eigenvalue weighted by Gasteiger charge is -2.34. The summed E-state index contributed by atoms with van der Waals surface area (Å²) in [4.78, 5) is 15.8. The van der Waals surface area contributed by atoms with Crippen LogP contribution in [0.15, 0.2) is 23.1 Å². The van der Waals surface area contributed by atoms with Crippen molar-refractivity contribution in [3.05, 3.63) is 51.8 Å². The fourth-order valence-corrected chi connectivity index (χ4v) is 6.12. The number of sulfonamides is 1. The number of hydrogen-bond acceptors (Lipinski definition) is 4. The summed E-state index contributed by atoms with van der Waals surface area (Å²) in [7, 11) is -3.69. The first-order chi connectivity index (χ1) is 14.7. The van der Waals surface area contributed by atoms with Gasteiger partial charge in [0.1, 0.15) is 5.69 Å². The molecule has 0 aliphatic heterocycles. The molecule has 1 aromatic heterocycles. The first-order valence-corrected chi connectivity index (χ1v) is 12.5. The number of carbonyl (C=O) groups excluding carboxylic acids is 1. The summed E-state index contributed by atoms with van der Waals surface area (Å²) < 4.78 is 34.4. The lowest BCUT2D eigenvalue weighted by Crippen LogP contribution is -2.41. The number of nitrogens with zero attached hydrogens (tertiary/aromatic N) is 1. The highest BCUT2D eigenvalue weighted by molar-refractivity contribution is 7.89. The van der Waals surface area contributed by atoms with Gasteiger partial charge in [0.15, 0.2) is 0 Å². The number of benzene rings is 1. The molecule has 1 saturated carbocycles. The molecule has 0 amide bonds. The number of carbonyl (C=O) groups is 1. The summed E-state index contributed by atoms with van der Waals surface area (Å²) in [5.41, 5.74) is 4.84. The van der Waals surface area contributed by atoms with E-state index >= 15 is 0 Å². The summed E-state index contributed by atoms with van der Waals surface area (Å²) in [5.74, 6) is -0.407.